The lowest BCUT2D eigenvalue weighted by atomic mass is 9.78. The fourth-order valence-corrected chi connectivity index (χ4v) is 6.53. The van der Waals surface area contributed by atoms with E-state index in [2.05, 4.69) is 41.9 Å². The number of likely N-dealkylation sites (tertiary alicyclic amines) is 1. The predicted molar refractivity (Wildman–Crippen MR) is 141 cm³/mol. The molecule has 4 aliphatic rings. The number of ether oxygens (including phenoxy) is 2. The number of carbonyl (C=O) groups is 1. The van der Waals surface area contributed by atoms with Gasteiger partial charge in [0.15, 0.2) is 0 Å². The Hall–Kier alpha value is -1.68. The van der Waals surface area contributed by atoms with Gasteiger partial charge in [-0.05, 0) is 71.8 Å². The van der Waals surface area contributed by atoms with E-state index in [4.69, 9.17) is 15.2 Å². The van der Waals surface area contributed by atoms with E-state index >= 15 is 0 Å². The van der Waals surface area contributed by atoms with E-state index in [1.807, 2.05) is 37.4 Å². The van der Waals surface area contributed by atoms with Crippen LogP contribution in [-0.2, 0) is 9.47 Å². The third-order valence-corrected chi connectivity index (χ3v) is 8.20. The van der Waals surface area contributed by atoms with Gasteiger partial charge in [0.2, 0.25) is 0 Å². The molecule has 0 radical (unpaired) electrons. The lowest BCUT2D eigenvalue weighted by molar-refractivity contribution is 0.0168. The Kier molecular flexibility index (Phi) is 8.41. The fourth-order valence-electron chi connectivity index (χ4n) is 5.25. The molecule has 9 heteroatoms. The second kappa shape index (κ2) is 11.2. The van der Waals surface area contributed by atoms with E-state index in [1.54, 1.807) is 0 Å². The Bertz CT molecular complexity index is 871. The molecule has 0 saturated carbocycles. The highest BCUT2D eigenvalue weighted by atomic mass is 32.2. The maximum atomic E-state index is 12.5. The van der Waals surface area contributed by atoms with Gasteiger partial charge in [-0.3, -0.25) is 10.6 Å². The van der Waals surface area contributed by atoms with Crippen molar-refractivity contribution in [2.75, 3.05) is 26.4 Å². The molecule has 1 amide bonds. The van der Waals surface area contributed by atoms with Gasteiger partial charge in [-0.1, -0.05) is 6.08 Å². The van der Waals surface area contributed by atoms with Crippen LogP contribution >= 0.6 is 11.8 Å². The number of piperidine rings is 1. The number of allylic oxidation sites excluding steroid dienone is 2. The highest BCUT2D eigenvalue weighted by Crippen LogP contribution is 2.44. The maximum absolute atomic E-state index is 12.5. The van der Waals surface area contributed by atoms with Crippen LogP contribution in [0, 0.1) is 11.8 Å². The Balaban J connectivity index is 1.43. The van der Waals surface area contributed by atoms with Crippen LogP contribution in [0.2, 0.25) is 0 Å². The van der Waals surface area contributed by atoms with Crippen LogP contribution in [0.15, 0.2) is 34.1 Å². The number of fused-ring (bicyclic) bond motifs is 2. The van der Waals surface area contributed by atoms with Gasteiger partial charge in [0.05, 0.1) is 18.5 Å². The van der Waals surface area contributed by atoms with Crippen LogP contribution < -0.4 is 21.7 Å². The topological polar surface area (TPSA) is 101 Å². The van der Waals surface area contributed by atoms with Crippen LogP contribution in [0.5, 0.6) is 0 Å². The van der Waals surface area contributed by atoms with Gasteiger partial charge in [-0.15, -0.1) is 11.8 Å². The smallest absolute Gasteiger partial charge is 0.410 e. The van der Waals surface area contributed by atoms with Crippen LogP contribution in [0.25, 0.3) is 0 Å². The zero-order valence-corrected chi connectivity index (χ0v) is 22.7. The Morgan fingerprint density at radius 1 is 1.34 bits per heavy atom. The summed E-state index contributed by atoms with van der Waals surface area (Å²) in [6.07, 6.45) is 8.47. The second-order valence-corrected chi connectivity index (χ2v) is 12.4. The second-order valence-electron chi connectivity index (χ2n) is 11.1. The molecule has 1 aliphatic carbocycles. The average Bonchev–Trinajstić information content (AvgIpc) is 3.14. The molecule has 0 aromatic heterocycles. The van der Waals surface area contributed by atoms with Gasteiger partial charge < -0.3 is 25.4 Å². The van der Waals surface area contributed by atoms with Crippen molar-refractivity contribution in [3.63, 3.8) is 0 Å². The van der Waals surface area contributed by atoms with Crippen molar-refractivity contribution in [1.29, 1.82) is 0 Å². The lowest BCUT2D eigenvalue weighted by Gasteiger charge is -2.37. The highest BCUT2D eigenvalue weighted by molar-refractivity contribution is 8.04. The largest absolute Gasteiger partial charge is 0.493 e. The SMILES string of the molecule is CC(C)NC(NCN)C1NC2=C(CCOC3=CCC(C4CCN(C(=O)OC(C)(C)C)CC4)C=C32)S1. The highest BCUT2D eigenvalue weighted by Gasteiger charge is 2.37. The monoisotopic (exact) mass is 505 g/mol. The minimum atomic E-state index is -0.457. The lowest BCUT2D eigenvalue weighted by Crippen LogP contribution is -2.56. The standard InChI is InChI=1S/C26H43N5O3S/c1-16(2)29-23(28-15-27)24-30-22-19-14-18(6-7-20(19)33-13-10-21(22)35-24)17-8-11-31(12-9-17)25(32)34-26(3,4)5/h7,14,16-18,23-24,28-30H,6,8-13,15,27H2,1-5H3. The molecule has 0 aromatic carbocycles. The van der Waals surface area contributed by atoms with Gasteiger partial charge in [0, 0.05) is 42.7 Å². The first-order valence-corrected chi connectivity index (χ1v) is 13.9. The summed E-state index contributed by atoms with van der Waals surface area (Å²) < 4.78 is 11.7. The molecule has 4 rings (SSSR count). The number of hydrogen-bond acceptors (Lipinski definition) is 8. The zero-order chi connectivity index (χ0) is 25.2. The zero-order valence-electron chi connectivity index (χ0n) is 21.9. The summed E-state index contributed by atoms with van der Waals surface area (Å²) in [7, 11) is 0. The number of rotatable bonds is 6. The molecule has 3 unspecified atom stereocenters. The molecular weight excluding hydrogens is 462 g/mol. The first kappa shape index (κ1) is 26.4. The van der Waals surface area contributed by atoms with E-state index in [9.17, 15) is 4.79 Å². The molecule has 1 fully saturated rings. The molecule has 3 aliphatic heterocycles. The third-order valence-electron chi connectivity index (χ3n) is 6.86. The van der Waals surface area contributed by atoms with E-state index < -0.39 is 5.60 Å². The molecule has 1 saturated heterocycles. The van der Waals surface area contributed by atoms with Crippen molar-refractivity contribution in [2.45, 2.75) is 83.5 Å². The molecule has 5 N–H and O–H groups in total. The Morgan fingerprint density at radius 2 is 2.09 bits per heavy atom. The number of amides is 1. The number of carbonyl (C=O) groups excluding carboxylic acids is 1. The van der Waals surface area contributed by atoms with Gasteiger partial charge in [-0.25, -0.2) is 4.79 Å². The first-order chi connectivity index (χ1) is 16.6. The Morgan fingerprint density at radius 3 is 2.74 bits per heavy atom. The van der Waals surface area contributed by atoms with E-state index in [-0.39, 0.29) is 17.6 Å². The third kappa shape index (κ3) is 6.56. The summed E-state index contributed by atoms with van der Waals surface area (Å²) >= 11 is 1.88. The van der Waals surface area contributed by atoms with Crippen molar-refractivity contribution < 1.29 is 14.3 Å². The quantitative estimate of drug-likeness (QED) is 0.407. The van der Waals surface area contributed by atoms with Gasteiger partial charge in [0.1, 0.15) is 16.7 Å². The van der Waals surface area contributed by atoms with Gasteiger partial charge in [0.25, 0.3) is 0 Å². The number of thioether (sulfide) groups is 1. The van der Waals surface area contributed by atoms with E-state index in [0.29, 0.717) is 31.2 Å². The van der Waals surface area contributed by atoms with Crippen LogP contribution in [0.3, 0.4) is 0 Å². The molecule has 3 heterocycles. The van der Waals surface area contributed by atoms with Crippen molar-refractivity contribution >= 4 is 17.9 Å². The van der Waals surface area contributed by atoms with Crippen molar-refractivity contribution in [3.8, 4) is 0 Å². The molecular formula is C26H43N5O3S. The molecule has 8 nitrogen and oxygen atoms in total. The van der Waals surface area contributed by atoms with Crippen molar-refractivity contribution in [3.05, 3.63) is 34.1 Å². The number of hydrogen-bond donors (Lipinski definition) is 4. The summed E-state index contributed by atoms with van der Waals surface area (Å²) in [5.41, 5.74) is 7.80. The summed E-state index contributed by atoms with van der Waals surface area (Å²) in [6, 6.07) is 0.352. The fraction of sp³-hybridized carbons (Fsp3) is 0.731. The van der Waals surface area contributed by atoms with E-state index in [0.717, 1.165) is 44.5 Å². The van der Waals surface area contributed by atoms with Gasteiger partial charge in [-0.2, -0.15) is 0 Å². The first-order valence-electron chi connectivity index (χ1n) is 13.0. The minimum Gasteiger partial charge on any atom is -0.493 e. The summed E-state index contributed by atoms with van der Waals surface area (Å²) in [4.78, 5) is 15.7. The maximum Gasteiger partial charge on any atom is 0.410 e. The van der Waals surface area contributed by atoms with Crippen molar-refractivity contribution in [1.82, 2.24) is 20.9 Å². The molecule has 35 heavy (non-hydrogen) atoms. The van der Waals surface area contributed by atoms with Crippen LogP contribution in [-0.4, -0.2) is 60.5 Å². The number of nitrogens with one attached hydrogen (secondary N) is 3. The molecule has 3 atom stereocenters. The number of nitrogens with zero attached hydrogens (tertiary/aromatic N) is 1. The van der Waals surface area contributed by atoms with Gasteiger partial charge >= 0.3 is 6.09 Å². The van der Waals surface area contributed by atoms with Crippen LogP contribution in [0.1, 0.15) is 60.3 Å². The molecule has 0 bridgehead atoms. The molecule has 0 aromatic rings. The Labute approximate surface area is 214 Å². The summed E-state index contributed by atoms with van der Waals surface area (Å²) in [5, 5.41) is 11.0. The summed E-state index contributed by atoms with van der Waals surface area (Å²) in [5.74, 6) is 2.00. The normalized spacial score (nSPS) is 26.2. The van der Waals surface area contributed by atoms with Crippen LogP contribution in [0.4, 0.5) is 4.79 Å². The number of nitrogens with two attached hydrogens (primary N) is 1. The molecule has 196 valence electrons. The van der Waals surface area contributed by atoms with E-state index in [1.165, 1.54) is 16.2 Å². The van der Waals surface area contributed by atoms with Crippen molar-refractivity contribution in [2.24, 2.45) is 17.6 Å². The summed E-state index contributed by atoms with van der Waals surface area (Å²) in [6.45, 7) is 12.7. The minimum absolute atomic E-state index is 0.0717. The predicted octanol–water partition coefficient (Wildman–Crippen LogP) is 3.59. The average molecular weight is 506 g/mol. The molecule has 0 spiro atoms.